The molecule has 1 heterocycles. The van der Waals surface area contributed by atoms with E-state index in [1.54, 1.807) is 0 Å². The maximum atomic E-state index is 10.2. The van der Waals surface area contributed by atoms with Crippen LogP contribution in [0.5, 0.6) is 0 Å². The number of amides is 2. The van der Waals surface area contributed by atoms with Crippen LogP contribution in [0.15, 0.2) is 0 Å². The molecule has 1 aliphatic heterocycles. The summed E-state index contributed by atoms with van der Waals surface area (Å²) in [5.74, 6) is -1.43. The van der Waals surface area contributed by atoms with Crippen molar-refractivity contribution in [2.75, 3.05) is 13.2 Å². The molecule has 0 aromatic carbocycles. The van der Waals surface area contributed by atoms with Crippen molar-refractivity contribution in [2.24, 2.45) is 11.5 Å². The molecule has 1 aliphatic rings. The van der Waals surface area contributed by atoms with Crippen molar-refractivity contribution in [3.05, 3.63) is 0 Å². The van der Waals surface area contributed by atoms with E-state index in [0.29, 0.717) is 6.61 Å². The van der Waals surface area contributed by atoms with Crippen LogP contribution < -0.4 is 16.9 Å². The molecule has 1 saturated heterocycles. The number of hydrogen-bond donors (Lipinski definition) is 6. The molecule has 0 aromatic heterocycles. The number of aliphatic hydroxyl groups excluding tert-OH is 1. The third-order valence-electron chi connectivity index (χ3n) is 0.908. The van der Waals surface area contributed by atoms with Gasteiger partial charge in [-0.15, -0.1) is 0 Å². The minimum Gasteiger partial charge on any atom is -0.480 e. The van der Waals surface area contributed by atoms with Crippen LogP contribution in [0.1, 0.15) is 0 Å². The summed E-state index contributed by atoms with van der Waals surface area (Å²) in [6, 6.07) is -0.458. The maximum Gasteiger partial charge on any atom is 0.402 e. The van der Waals surface area contributed by atoms with Crippen molar-refractivity contribution in [3.8, 4) is 0 Å². The number of aliphatic hydroxyl groups is 1. The van der Waals surface area contributed by atoms with E-state index in [4.69, 9.17) is 30.6 Å². The summed E-state index contributed by atoms with van der Waals surface area (Å²) in [4.78, 5) is 32.6. The van der Waals surface area contributed by atoms with E-state index >= 15 is 0 Å². The van der Waals surface area contributed by atoms with Gasteiger partial charge in [-0.2, -0.15) is 0 Å². The lowest BCUT2D eigenvalue weighted by atomic mass is 10.3. The SMILES string of the molecule is NC(=O)O.NC1CONC1=O.O=C(O)CO. The van der Waals surface area contributed by atoms with Crippen LogP contribution in [0, 0.1) is 0 Å². The van der Waals surface area contributed by atoms with Gasteiger partial charge in [0.15, 0.2) is 0 Å². The van der Waals surface area contributed by atoms with E-state index in [1.807, 2.05) is 0 Å². The fraction of sp³-hybridized carbons (Fsp3) is 0.500. The molecular weight excluding hydrogens is 226 g/mol. The van der Waals surface area contributed by atoms with E-state index in [9.17, 15) is 4.79 Å². The molecule has 1 atom stereocenters. The molecule has 1 unspecified atom stereocenters. The molecule has 0 radical (unpaired) electrons. The number of carbonyl (C=O) groups is 3. The second-order valence-corrected chi connectivity index (χ2v) is 2.27. The van der Waals surface area contributed by atoms with Crippen molar-refractivity contribution >= 4 is 18.0 Å². The second kappa shape index (κ2) is 9.64. The molecular formula is C6H13N3O7. The number of aliphatic carboxylic acids is 1. The van der Waals surface area contributed by atoms with E-state index in [1.165, 1.54) is 0 Å². The first kappa shape index (κ1) is 16.5. The lowest BCUT2D eigenvalue weighted by Gasteiger charge is -1.87. The van der Waals surface area contributed by atoms with Gasteiger partial charge in [-0.05, 0) is 0 Å². The Morgan fingerprint density at radius 3 is 1.94 bits per heavy atom. The quantitative estimate of drug-likeness (QED) is 0.280. The van der Waals surface area contributed by atoms with Gasteiger partial charge in [-0.3, -0.25) is 9.63 Å². The smallest absolute Gasteiger partial charge is 0.402 e. The highest BCUT2D eigenvalue weighted by Gasteiger charge is 2.19. The molecule has 10 nitrogen and oxygen atoms in total. The van der Waals surface area contributed by atoms with Crippen molar-refractivity contribution in [2.45, 2.75) is 6.04 Å². The first-order chi connectivity index (χ1) is 7.31. The van der Waals surface area contributed by atoms with Crippen LogP contribution in [0.4, 0.5) is 4.79 Å². The molecule has 1 fully saturated rings. The molecule has 0 spiro atoms. The standard InChI is InChI=1S/C3H6N2O2.C2H4O3.CH3NO2/c4-2-1-7-5-3(2)6;3-1-2(4)5;2-1(3)4/h2H,1,4H2,(H,5,6);3H,1H2,(H,4,5);2H2,(H,3,4). The average Bonchev–Trinajstić information content (AvgIpc) is 2.51. The van der Waals surface area contributed by atoms with E-state index in [2.05, 4.69) is 16.1 Å². The molecule has 16 heavy (non-hydrogen) atoms. The number of nitrogens with two attached hydrogens (primary N) is 2. The summed E-state index contributed by atoms with van der Waals surface area (Å²) < 4.78 is 0. The molecule has 1 rings (SSSR count). The fourth-order valence-corrected chi connectivity index (χ4v) is 0.354. The minimum atomic E-state index is -1.33. The van der Waals surface area contributed by atoms with E-state index < -0.39 is 24.7 Å². The molecule has 0 bridgehead atoms. The first-order valence-electron chi connectivity index (χ1n) is 3.79. The van der Waals surface area contributed by atoms with Gasteiger partial charge in [0, 0.05) is 0 Å². The van der Waals surface area contributed by atoms with E-state index in [0.717, 1.165) is 0 Å². The van der Waals surface area contributed by atoms with Gasteiger partial charge >= 0.3 is 12.1 Å². The zero-order valence-electron chi connectivity index (χ0n) is 8.12. The number of carboxylic acid groups (broad SMARTS) is 2. The Morgan fingerprint density at radius 2 is 1.88 bits per heavy atom. The Balaban J connectivity index is 0. The van der Waals surface area contributed by atoms with Crippen LogP contribution in [0.3, 0.4) is 0 Å². The third kappa shape index (κ3) is 14.6. The number of carbonyl (C=O) groups excluding carboxylic acids is 1. The van der Waals surface area contributed by atoms with Gasteiger partial charge in [-0.1, -0.05) is 0 Å². The highest BCUT2D eigenvalue weighted by atomic mass is 16.7. The van der Waals surface area contributed by atoms with Gasteiger partial charge < -0.3 is 26.8 Å². The van der Waals surface area contributed by atoms with Gasteiger partial charge in [-0.25, -0.2) is 15.1 Å². The molecule has 10 heteroatoms. The number of hydroxylamine groups is 1. The highest BCUT2D eigenvalue weighted by molar-refractivity contribution is 5.81. The summed E-state index contributed by atoms with van der Waals surface area (Å²) in [7, 11) is 0. The lowest BCUT2D eigenvalue weighted by molar-refractivity contribution is -0.140. The molecule has 8 N–H and O–H groups in total. The first-order valence-corrected chi connectivity index (χ1v) is 3.79. The second-order valence-electron chi connectivity index (χ2n) is 2.27. The van der Waals surface area contributed by atoms with Gasteiger partial charge in [0.05, 0.1) is 6.61 Å². The Bertz CT molecular complexity index is 240. The monoisotopic (exact) mass is 239 g/mol. The topological polar surface area (TPSA) is 185 Å². The predicted molar refractivity (Wildman–Crippen MR) is 49.0 cm³/mol. The summed E-state index contributed by atoms with van der Waals surface area (Å²) in [5.41, 5.74) is 11.3. The van der Waals surface area contributed by atoms with Crippen LogP contribution in [0.2, 0.25) is 0 Å². The van der Waals surface area contributed by atoms with Crippen LogP contribution in [-0.2, 0) is 14.4 Å². The zero-order valence-corrected chi connectivity index (χ0v) is 8.12. The number of hydrogen-bond acceptors (Lipinski definition) is 6. The summed E-state index contributed by atoms with van der Waals surface area (Å²) >= 11 is 0. The molecule has 2 amide bonds. The zero-order chi connectivity index (χ0) is 13.1. The Hall–Kier alpha value is -1.91. The predicted octanol–water partition coefficient (Wildman–Crippen LogP) is -2.94. The van der Waals surface area contributed by atoms with E-state index in [-0.39, 0.29) is 5.91 Å². The number of primary amides is 1. The summed E-state index contributed by atoms with van der Waals surface area (Å²) in [6.45, 7) is -0.487. The summed E-state index contributed by atoms with van der Waals surface area (Å²) in [6.07, 6.45) is -1.33. The van der Waals surface area contributed by atoms with Gasteiger partial charge in [0.25, 0.3) is 5.91 Å². The lowest BCUT2D eigenvalue weighted by Crippen LogP contribution is -2.31. The Kier molecular flexibility index (Phi) is 9.95. The Labute approximate surface area is 89.7 Å². The van der Waals surface area contributed by atoms with Crippen molar-refractivity contribution in [1.82, 2.24) is 5.48 Å². The highest BCUT2D eigenvalue weighted by Crippen LogP contribution is 1.87. The van der Waals surface area contributed by atoms with Crippen LogP contribution in [0.25, 0.3) is 0 Å². The number of rotatable bonds is 1. The molecule has 0 saturated carbocycles. The molecule has 0 aromatic rings. The van der Waals surface area contributed by atoms with Crippen molar-refractivity contribution < 1.29 is 34.5 Å². The normalized spacial score (nSPS) is 17.1. The molecule has 0 aliphatic carbocycles. The van der Waals surface area contributed by atoms with Crippen molar-refractivity contribution in [3.63, 3.8) is 0 Å². The fourth-order valence-electron chi connectivity index (χ4n) is 0.354. The largest absolute Gasteiger partial charge is 0.480 e. The Morgan fingerprint density at radius 1 is 1.50 bits per heavy atom. The maximum absolute atomic E-state index is 10.2. The minimum absolute atomic E-state index is 0.236. The number of carboxylic acids is 1. The van der Waals surface area contributed by atoms with Crippen molar-refractivity contribution in [1.29, 1.82) is 0 Å². The summed E-state index contributed by atoms with van der Waals surface area (Å²) in [5, 5.41) is 22.2. The number of nitrogens with one attached hydrogen (secondary N) is 1. The third-order valence-corrected chi connectivity index (χ3v) is 0.908. The van der Waals surface area contributed by atoms with Gasteiger partial charge in [0.2, 0.25) is 0 Å². The average molecular weight is 239 g/mol. The van der Waals surface area contributed by atoms with Crippen LogP contribution in [-0.4, -0.2) is 52.5 Å². The molecule has 94 valence electrons. The van der Waals surface area contributed by atoms with Crippen LogP contribution >= 0.6 is 0 Å². The van der Waals surface area contributed by atoms with Gasteiger partial charge in [0.1, 0.15) is 12.6 Å².